The number of nitrogens with zero attached hydrogens (tertiary/aromatic N) is 1. The van der Waals surface area contributed by atoms with Crippen LogP contribution in [0.15, 0.2) is 24.3 Å². The second-order valence-electron chi connectivity index (χ2n) is 4.74. The molecular weight excluding hydrogens is 228 g/mol. The molecule has 4 heteroatoms. The molecule has 1 aliphatic heterocycles. The molecule has 0 saturated carbocycles. The molecule has 1 aromatic rings. The Labute approximate surface area is 108 Å². The van der Waals surface area contributed by atoms with Crippen LogP contribution in [0.2, 0.25) is 0 Å². The van der Waals surface area contributed by atoms with Gasteiger partial charge in [-0.2, -0.15) is 0 Å². The van der Waals surface area contributed by atoms with E-state index in [-0.39, 0.29) is 12.5 Å². The first-order valence-electron chi connectivity index (χ1n) is 6.50. The van der Waals surface area contributed by atoms with Gasteiger partial charge in [0.25, 0.3) is 0 Å². The van der Waals surface area contributed by atoms with Gasteiger partial charge >= 0.3 is 0 Å². The summed E-state index contributed by atoms with van der Waals surface area (Å²) >= 11 is 0. The molecule has 0 spiro atoms. The van der Waals surface area contributed by atoms with Gasteiger partial charge in [0.2, 0.25) is 5.91 Å². The quantitative estimate of drug-likeness (QED) is 0.851. The van der Waals surface area contributed by atoms with Crippen LogP contribution in [0.5, 0.6) is 0 Å². The van der Waals surface area contributed by atoms with Crippen LogP contribution < -0.4 is 5.32 Å². The Bertz CT molecular complexity index is 383. The van der Waals surface area contributed by atoms with E-state index in [1.54, 1.807) is 0 Å². The highest BCUT2D eigenvalue weighted by Gasteiger charge is 2.13. The van der Waals surface area contributed by atoms with Crippen molar-refractivity contribution in [2.75, 3.05) is 25.0 Å². The molecule has 0 radical (unpaired) electrons. The number of anilines is 1. The minimum atomic E-state index is 0.0298. The number of piperidine rings is 1. The number of aliphatic hydroxyl groups excluding tert-OH is 1. The van der Waals surface area contributed by atoms with Gasteiger partial charge in [0, 0.05) is 5.69 Å². The molecule has 1 amide bonds. The summed E-state index contributed by atoms with van der Waals surface area (Å²) in [6.07, 6.45) is 3.66. The maximum absolute atomic E-state index is 11.8. The Morgan fingerprint density at radius 1 is 1.17 bits per heavy atom. The van der Waals surface area contributed by atoms with Gasteiger partial charge in [-0.05, 0) is 43.6 Å². The highest BCUT2D eigenvalue weighted by atomic mass is 16.3. The van der Waals surface area contributed by atoms with E-state index in [4.69, 9.17) is 5.11 Å². The largest absolute Gasteiger partial charge is 0.392 e. The predicted octanol–water partition coefficient (Wildman–Crippen LogP) is 1.60. The number of likely N-dealkylation sites (tertiary alicyclic amines) is 1. The van der Waals surface area contributed by atoms with Crippen molar-refractivity contribution < 1.29 is 9.90 Å². The van der Waals surface area contributed by atoms with Crippen molar-refractivity contribution in [1.29, 1.82) is 0 Å². The number of nitrogens with one attached hydrogen (secondary N) is 1. The third-order valence-corrected chi connectivity index (χ3v) is 3.24. The summed E-state index contributed by atoms with van der Waals surface area (Å²) in [6.45, 7) is 2.55. The second-order valence-corrected chi connectivity index (χ2v) is 4.74. The first-order chi connectivity index (χ1) is 8.78. The number of hydrogen-bond donors (Lipinski definition) is 2. The van der Waals surface area contributed by atoms with Gasteiger partial charge in [-0.3, -0.25) is 9.69 Å². The van der Waals surface area contributed by atoms with Gasteiger partial charge in [0.05, 0.1) is 13.2 Å². The zero-order valence-electron chi connectivity index (χ0n) is 10.6. The topological polar surface area (TPSA) is 52.6 Å². The van der Waals surface area contributed by atoms with Crippen molar-refractivity contribution in [3.8, 4) is 0 Å². The maximum Gasteiger partial charge on any atom is 0.238 e. The molecule has 1 aliphatic rings. The van der Waals surface area contributed by atoms with Crippen LogP contribution in [-0.4, -0.2) is 35.5 Å². The molecule has 18 heavy (non-hydrogen) atoms. The van der Waals surface area contributed by atoms with E-state index in [0.29, 0.717) is 6.54 Å². The summed E-state index contributed by atoms with van der Waals surface area (Å²) < 4.78 is 0. The third-order valence-electron chi connectivity index (χ3n) is 3.24. The van der Waals surface area contributed by atoms with Crippen molar-refractivity contribution in [1.82, 2.24) is 4.90 Å². The highest BCUT2D eigenvalue weighted by molar-refractivity contribution is 5.92. The van der Waals surface area contributed by atoms with Gasteiger partial charge in [-0.1, -0.05) is 18.6 Å². The van der Waals surface area contributed by atoms with Crippen LogP contribution in [0.25, 0.3) is 0 Å². The molecule has 4 nitrogen and oxygen atoms in total. The monoisotopic (exact) mass is 248 g/mol. The summed E-state index contributed by atoms with van der Waals surface area (Å²) in [4.78, 5) is 14.0. The van der Waals surface area contributed by atoms with Gasteiger partial charge in [0.15, 0.2) is 0 Å². The molecule has 1 fully saturated rings. The number of rotatable bonds is 4. The van der Waals surface area contributed by atoms with Crippen molar-refractivity contribution in [2.45, 2.75) is 25.9 Å². The Morgan fingerprint density at radius 2 is 1.83 bits per heavy atom. The molecule has 0 unspecified atom stereocenters. The van der Waals surface area contributed by atoms with Gasteiger partial charge in [-0.25, -0.2) is 0 Å². The standard InChI is InChI=1S/C14H20N2O2/c17-11-12-4-6-13(7-5-12)15-14(18)10-16-8-2-1-3-9-16/h4-7,17H,1-3,8-11H2,(H,15,18). The Balaban J connectivity index is 1.82. The van der Waals surface area contributed by atoms with Crippen LogP contribution >= 0.6 is 0 Å². The van der Waals surface area contributed by atoms with E-state index in [1.807, 2.05) is 24.3 Å². The van der Waals surface area contributed by atoms with E-state index in [1.165, 1.54) is 19.3 Å². The molecule has 0 aliphatic carbocycles. The molecule has 0 bridgehead atoms. The van der Waals surface area contributed by atoms with Crippen molar-refractivity contribution >= 4 is 11.6 Å². The smallest absolute Gasteiger partial charge is 0.238 e. The van der Waals surface area contributed by atoms with E-state index in [0.717, 1.165) is 24.3 Å². The zero-order chi connectivity index (χ0) is 12.8. The summed E-state index contributed by atoms with van der Waals surface area (Å²) in [5.41, 5.74) is 1.64. The lowest BCUT2D eigenvalue weighted by atomic mass is 10.1. The lowest BCUT2D eigenvalue weighted by Crippen LogP contribution is -2.36. The van der Waals surface area contributed by atoms with Crippen LogP contribution in [0.3, 0.4) is 0 Å². The highest BCUT2D eigenvalue weighted by Crippen LogP contribution is 2.11. The molecule has 98 valence electrons. The van der Waals surface area contributed by atoms with Gasteiger partial charge < -0.3 is 10.4 Å². The van der Waals surface area contributed by atoms with Crippen molar-refractivity contribution in [2.24, 2.45) is 0 Å². The molecule has 1 saturated heterocycles. The third kappa shape index (κ3) is 3.82. The number of benzene rings is 1. The number of aliphatic hydroxyl groups is 1. The van der Waals surface area contributed by atoms with Crippen molar-refractivity contribution in [3.05, 3.63) is 29.8 Å². The lowest BCUT2D eigenvalue weighted by Gasteiger charge is -2.25. The Morgan fingerprint density at radius 3 is 2.44 bits per heavy atom. The molecule has 0 atom stereocenters. The fraction of sp³-hybridized carbons (Fsp3) is 0.500. The van der Waals surface area contributed by atoms with E-state index in [2.05, 4.69) is 10.2 Å². The minimum absolute atomic E-state index is 0.0298. The zero-order valence-corrected chi connectivity index (χ0v) is 10.6. The number of amides is 1. The summed E-state index contributed by atoms with van der Waals surface area (Å²) in [7, 11) is 0. The minimum Gasteiger partial charge on any atom is -0.392 e. The van der Waals surface area contributed by atoms with Crippen LogP contribution in [0.1, 0.15) is 24.8 Å². The normalized spacial score (nSPS) is 16.5. The van der Waals surface area contributed by atoms with Crippen molar-refractivity contribution in [3.63, 3.8) is 0 Å². The van der Waals surface area contributed by atoms with E-state index in [9.17, 15) is 4.79 Å². The number of hydrogen-bond acceptors (Lipinski definition) is 3. The average molecular weight is 248 g/mol. The van der Waals surface area contributed by atoms with E-state index < -0.39 is 0 Å². The molecule has 0 aromatic heterocycles. The van der Waals surface area contributed by atoms with Gasteiger partial charge in [0.1, 0.15) is 0 Å². The lowest BCUT2D eigenvalue weighted by molar-refractivity contribution is -0.117. The van der Waals surface area contributed by atoms with E-state index >= 15 is 0 Å². The van der Waals surface area contributed by atoms with Crippen LogP contribution in [0, 0.1) is 0 Å². The Hall–Kier alpha value is -1.39. The fourth-order valence-electron chi connectivity index (χ4n) is 2.21. The average Bonchev–Trinajstić information content (AvgIpc) is 2.40. The number of carbonyl (C=O) groups excluding carboxylic acids is 1. The summed E-state index contributed by atoms with van der Waals surface area (Å²) in [5.74, 6) is 0.0358. The molecular formula is C14H20N2O2. The van der Waals surface area contributed by atoms with Crippen LogP contribution in [-0.2, 0) is 11.4 Å². The van der Waals surface area contributed by atoms with Crippen LogP contribution in [0.4, 0.5) is 5.69 Å². The summed E-state index contributed by atoms with van der Waals surface area (Å²) in [5, 5.41) is 11.8. The van der Waals surface area contributed by atoms with Gasteiger partial charge in [-0.15, -0.1) is 0 Å². The first-order valence-corrected chi connectivity index (χ1v) is 6.50. The number of carbonyl (C=O) groups is 1. The molecule has 1 heterocycles. The predicted molar refractivity (Wildman–Crippen MR) is 71.3 cm³/mol. The second kappa shape index (κ2) is 6.52. The Kier molecular flexibility index (Phi) is 4.73. The fourth-order valence-corrected chi connectivity index (χ4v) is 2.21. The molecule has 2 rings (SSSR count). The molecule has 2 N–H and O–H groups in total. The summed E-state index contributed by atoms with van der Waals surface area (Å²) in [6, 6.07) is 7.27. The first kappa shape index (κ1) is 13.1. The maximum atomic E-state index is 11.8. The SMILES string of the molecule is O=C(CN1CCCCC1)Nc1ccc(CO)cc1. The molecule has 1 aromatic carbocycles.